The van der Waals surface area contributed by atoms with Gasteiger partial charge in [-0.25, -0.2) is 0 Å². The van der Waals surface area contributed by atoms with Crippen LogP contribution in [0.15, 0.2) is 36.4 Å². The van der Waals surface area contributed by atoms with E-state index in [1.807, 2.05) is 41.8 Å². The van der Waals surface area contributed by atoms with E-state index in [0.717, 1.165) is 30.5 Å². The summed E-state index contributed by atoms with van der Waals surface area (Å²) < 4.78 is 7.49. The average Bonchev–Trinajstić information content (AvgIpc) is 3.43. The molecule has 2 aromatic rings. The molecule has 0 bridgehead atoms. The van der Waals surface area contributed by atoms with Gasteiger partial charge in [0.1, 0.15) is 5.69 Å². The third-order valence-corrected chi connectivity index (χ3v) is 5.21. The van der Waals surface area contributed by atoms with E-state index >= 15 is 0 Å². The lowest BCUT2D eigenvalue weighted by Gasteiger charge is -2.20. The number of aromatic nitrogens is 1. The Morgan fingerprint density at radius 3 is 2.70 bits per heavy atom. The monoisotopic (exact) mass is 367 g/mol. The van der Waals surface area contributed by atoms with Crippen molar-refractivity contribution >= 4 is 11.8 Å². The maximum absolute atomic E-state index is 13.0. The lowest BCUT2D eigenvalue weighted by molar-refractivity contribution is 0.0776. The van der Waals surface area contributed by atoms with Crippen LogP contribution >= 0.6 is 0 Å². The minimum Gasteiger partial charge on any atom is -0.373 e. The number of ether oxygens (including phenoxy) is 1. The van der Waals surface area contributed by atoms with Gasteiger partial charge in [-0.1, -0.05) is 37.3 Å². The van der Waals surface area contributed by atoms with Crippen LogP contribution in [0.1, 0.15) is 64.3 Å². The SMILES string of the molecule is CC[C@@H](NC(=O)c1cc(C(=O)NC2CC2)n2c1COCC2)c1ccccc1. The standard InChI is InChI=1S/C21H25N3O3/c1-2-17(14-6-4-3-5-7-14)23-20(25)16-12-18(21(26)22-15-8-9-15)24-10-11-27-13-19(16)24/h3-7,12,15,17H,2,8-11,13H2,1H3,(H,22,26)(H,23,25)/t17-/m1/s1. The quantitative estimate of drug-likeness (QED) is 0.825. The molecular weight excluding hydrogens is 342 g/mol. The van der Waals surface area contributed by atoms with Gasteiger partial charge in [-0.2, -0.15) is 0 Å². The van der Waals surface area contributed by atoms with Crippen LogP contribution in [0.25, 0.3) is 0 Å². The van der Waals surface area contributed by atoms with Gasteiger partial charge in [0.15, 0.2) is 0 Å². The molecule has 142 valence electrons. The highest BCUT2D eigenvalue weighted by atomic mass is 16.5. The van der Waals surface area contributed by atoms with E-state index in [4.69, 9.17) is 4.74 Å². The van der Waals surface area contributed by atoms with Gasteiger partial charge >= 0.3 is 0 Å². The number of fused-ring (bicyclic) bond motifs is 1. The first kappa shape index (κ1) is 17.8. The first-order valence-corrected chi connectivity index (χ1v) is 9.64. The molecule has 27 heavy (non-hydrogen) atoms. The molecule has 1 aliphatic carbocycles. The first-order valence-electron chi connectivity index (χ1n) is 9.64. The average molecular weight is 367 g/mol. The number of amides is 2. The first-order chi connectivity index (χ1) is 13.2. The fourth-order valence-corrected chi connectivity index (χ4v) is 3.54. The molecule has 1 fully saturated rings. The van der Waals surface area contributed by atoms with Crippen LogP contribution in [0, 0.1) is 0 Å². The van der Waals surface area contributed by atoms with Crippen molar-refractivity contribution < 1.29 is 14.3 Å². The predicted molar refractivity (Wildman–Crippen MR) is 102 cm³/mol. The van der Waals surface area contributed by atoms with E-state index in [0.29, 0.717) is 31.0 Å². The number of hydrogen-bond acceptors (Lipinski definition) is 3. The Kier molecular flexibility index (Phi) is 4.99. The van der Waals surface area contributed by atoms with Crippen LogP contribution in [0.5, 0.6) is 0 Å². The van der Waals surface area contributed by atoms with E-state index in [1.54, 1.807) is 6.07 Å². The molecule has 6 nitrogen and oxygen atoms in total. The van der Waals surface area contributed by atoms with Crippen LogP contribution in [0.3, 0.4) is 0 Å². The summed E-state index contributed by atoms with van der Waals surface area (Å²) in [5, 5.41) is 6.13. The van der Waals surface area contributed by atoms with E-state index in [1.165, 1.54) is 0 Å². The Morgan fingerprint density at radius 2 is 2.00 bits per heavy atom. The smallest absolute Gasteiger partial charge is 0.268 e. The van der Waals surface area contributed by atoms with Crippen molar-refractivity contribution in [1.29, 1.82) is 0 Å². The molecule has 0 radical (unpaired) electrons. The topological polar surface area (TPSA) is 72.4 Å². The van der Waals surface area contributed by atoms with Gasteiger partial charge in [0.25, 0.3) is 11.8 Å². The van der Waals surface area contributed by atoms with Gasteiger partial charge in [0, 0.05) is 12.6 Å². The maximum atomic E-state index is 13.0. The van der Waals surface area contributed by atoms with Gasteiger partial charge in [-0.05, 0) is 30.9 Å². The van der Waals surface area contributed by atoms with Crippen molar-refractivity contribution in [2.75, 3.05) is 6.61 Å². The lowest BCUT2D eigenvalue weighted by atomic mass is 10.0. The Labute approximate surface area is 158 Å². The van der Waals surface area contributed by atoms with Gasteiger partial charge in [-0.15, -0.1) is 0 Å². The molecule has 1 aromatic heterocycles. The Hall–Kier alpha value is -2.60. The maximum Gasteiger partial charge on any atom is 0.268 e. The van der Waals surface area contributed by atoms with Crippen molar-refractivity contribution in [3.63, 3.8) is 0 Å². The second-order valence-corrected chi connectivity index (χ2v) is 7.19. The number of carbonyl (C=O) groups is 2. The summed E-state index contributed by atoms with van der Waals surface area (Å²) in [6.45, 7) is 3.53. The van der Waals surface area contributed by atoms with Crippen LogP contribution in [-0.2, 0) is 17.9 Å². The largest absolute Gasteiger partial charge is 0.373 e. The molecule has 2 aliphatic rings. The van der Waals surface area contributed by atoms with Gasteiger partial charge in [-0.3, -0.25) is 9.59 Å². The molecule has 2 N–H and O–H groups in total. The summed E-state index contributed by atoms with van der Waals surface area (Å²) >= 11 is 0. The number of rotatable bonds is 6. The molecule has 6 heteroatoms. The highest BCUT2D eigenvalue weighted by molar-refractivity contribution is 6.01. The summed E-state index contributed by atoms with van der Waals surface area (Å²) in [4.78, 5) is 25.6. The zero-order valence-electron chi connectivity index (χ0n) is 15.5. The predicted octanol–water partition coefficient (Wildman–Crippen LogP) is 2.79. The van der Waals surface area contributed by atoms with Crippen molar-refractivity contribution in [3.8, 4) is 0 Å². The molecule has 0 saturated heterocycles. The minimum atomic E-state index is -0.162. The van der Waals surface area contributed by atoms with Crippen molar-refractivity contribution in [1.82, 2.24) is 15.2 Å². The number of nitrogens with one attached hydrogen (secondary N) is 2. The molecule has 1 saturated carbocycles. The van der Waals surface area contributed by atoms with Crippen molar-refractivity contribution in [2.24, 2.45) is 0 Å². The second-order valence-electron chi connectivity index (χ2n) is 7.19. The molecule has 2 amide bonds. The lowest BCUT2D eigenvalue weighted by Crippen LogP contribution is -2.30. The summed E-state index contributed by atoms with van der Waals surface area (Å²) in [6, 6.07) is 11.9. The van der Waals surface area contributed by atoms with E-state index in [-0.39, 0.29) is 23.9 Å². The van der Waals surface area contributed by atoms with Crippen LogP contribution < -0.4 is 10.6 Å². The summed E-state index contributed by atoms with van der Waals surface area (Å²) in [7, 11) is 0. The molecule has 2 heterocycles. The van der Waals surface area contributed by atoms with Crippen LogP contribution in [-0.4, -0.2) is 29.0 Å². The Balaban J connectivity index is 1.59. The molecule has 1 aliphatic heterocycles. The molecular formula is C21H25N3O3. The van der Waals surface area contributed by atoms with E-state index in [9.17, 15) is 9.59 Å². The summed E-state index contributed by atoms with van der Waals surface area (Å²) in [5.74, 6) is -0.264. The van der Waals surface area contributed by atoms with Crippen molar-refractivity contribution in [3.05, 3.63) is 58.9 Å². The Bertz CT molecular complexity index is 840. The zero-order chi connectivity index (χ0) is 18.8. The molecule has 1 atom stereocenters. The van der Waals surface area contributed by atoms with Gasteiger partial charge in [0.2, 0.25) is 0 Å². The summed E-state index contributed by atoms with van der Waals surface area (Å²) in [5.41, 5.74) is 2.94. The zero-order valence-corrected chi connectivity index (χ0v) is 15.5. The normalized spacial score (nSPS) is 17.1. The van der Waals surface area contributed by atoms with Gasteiger partial charge < -0.3 is 19.9 Å². The third kappa shape index (κ3) is 3.76. The van der Waals surface area contributed by atoms with Crippen molar-refractivity contribution in [2.45, 2.75) is 51.4 Å². The minimum absolute atomic E-state index is 0.0671. The Morgan fingerprint density at radius 1 is 1.22 bits per heavy atom. The molecule has 0 unspecified atom stereocenters. The highest BCUT2D eigenvalue weighted by Crippen LogP contribution is 2.25. The fourth-order valence-electron chi connectivity index (χ4n) is 3.54. The molecule has 1 aromatic carbocycles. The third-order valence-electron chi connectivity index (χ3n) is 5.21. The van der Waals surface area contributed by atoms with E-state index in [2.05, 4.69) is 10.6 Å². The fraction of sp³-hybridized carbons (Fsp3) is 0.429. The number of benzene rings is 1. The van der Waals surface area contributed by atoms with Gasteiger partial charge in [0.05, 0.1) is 30.5 Å². The van der Waals surface area contributed by atoms with Crippen LogP contribution in [0.2, 0.25) is 0 Å². The highest BCUT2D eigenvalue weighted by Gasteiger charge is 2.30. The van der Waals surface area contributed by atoms with Crippen LogP contribution in [0.4, 0.5) is 0 Å². The molecule has 4 rings (SSSR count). The number of carbonyl (C=O) groups excluding carboxylic acids is 2. The van der Waals surface area contributed by atoms with E-state index < -0.39 is 0 Å². The second kappa shape index (κ2) is 7.56. The summed E-state index contributed by atoms with van der Waals surface area (Å²) in [6.07, 6.45) is 2.85. The number of hydrogen-bond donors (Lipinski definition) is 2. The molecule has 0 spiro atoms. The number of nitrogens with zero attached hydrogens (tertiary/aromatic N) is 1.